The van der Waals surface area contributed by atoms with E-state index in [-0.39, 0.29) is 24.8 Å². The minimum absolute atomic E-state index is 0.213. The average Bonchev–Trinajstić information content (AvgIpc) is 2.96. The Morgan fingerprint density at radius 2 is 2.04 bits per heavy atom. The minimum atomic E-state index is -0.504. The van der Waals surface area contributed by atoms with E-state index >= 15 is 0 Å². The number of carbonyl (C=O) groups is 3. The van der Waals surface area contributed by atoms with Gasteiger partial charge in [0.05, 0.1) is 16.9 Å². The van der Waals surface area contributed by atoms with Gasteiger partial charge in [0, 0.05) is 31.7 Å². The second kappa shape index (κ2) is 8.03. The highest BCUT2D eigenvalue weighted by atomic mass is 16.2. The molecule has 0 aliphatic carbocycles. The summed E-state index contributed by atoms with van der Waals surface area (Å²) in [5.41, 5.74) is 2.98. The quantitative estimate of drug-likeness (QED) is 0.759. The van der Waals surface area contributed by atoms with Gasteiger partial charge in [-0.25, -0.2) is 4.79 Å². The largest absolute Gasteiger partial charge is 0.352 e. The minimum Gasteiger partial charge on any atom is -0.352 e. The van der Waals surface area contributed by atoms with Crippen LogP contribution in [0.3, 0.4) is 0 Å². The van der Waals surface area contributed by atoms with Crippen LogP contribution in [0.15, 0.2) is 30.3 Å². The fourth-order valence-electron chi connectivity index (χ4n) is 3.12. The summed E-state index contributed by atoms with van der Waals surface area (Å²) in [4.78, 5) is 37.5. The Hall–Kier alpha value is -3.16. The van der Waals surface area contributed by atoms with Gasteiger partial charge in [-0.1, -0.05) is 12.1 Å². The maximum Gasteiger partial charge on any atom is 0.328 e. The molecule has 0 bridgehead atoms. The van der Waals surface area contributed by atoms with Gasteiger partial charge in [-0.2, -0.15) is 5.10 Å². The van der Waals surface area contributed by atoms with Crippen molar-refractivity contribution >= 4 is 23.5 Å². The molecule has 4 amide bonds. The molecular weight excluding hydrogens is 346 g/mol. The number of carbonyl (C=O) groups excluding carboxylic acids is 3. The molecule has 0 atom stereocenters. The molecule has 142 valence electrons. The predicted molar refractivity (Wildman–Crippen MR) is 101 cm³/mol. The van der Waals surface area contributed by atoms with E-state index in [0.29, 0.717) is 17.8 Å². The summed E-state index contributed by atoms with van der Waals surface area (Å²) in [6.45, 7) is 5.43. The number of aromatic nitrogens is 2. The maximum absolute atomic E-state index is 12.6. The summed E-state index contributed by atoms with van der Waals surface area (Å²) < 4.78 is 1.92. The number of benzene rings is 1. The Morgan fingerprint density at radius 3 is 2.74 bits per heavy atom. The van der Waals surface area contributed by atoms with Gasteiger partial charge in [-0.15, -0.1) is 0 Å². The molecule has 8 nitrogen and oxygen atoms in total. The van der Waals surface area contributed by atoms with E-state index in [2.05, 4.69) is 15.7 Å². The van der Waals surface area contributed by atoms with Gasteiger partial charge >= 0.3 is 6.03 Å². The molecule has 1 aliphatic heterocycles. The number of nitrogens with zero attached hydrogens (tertiary/aromatic N) is 3. The molecule has 27 heavy (non-hydrogen) atoms. The molecule has 0 saturated carbocycles. The molecular formula is C19H23N5O3. The first-order chi connectivity index (χ1) is 13.0. The van der Waals surface area contributed by atoms with Crippen LogP contribution in [0.4, 0.5) is 10.5 Å². The monoisotopic (exact) mass is 369 g/mol. The number of aryl methyl sites for hydroxylation is 3. The van der Waals surface area contributed by atoms with Crippen LogP contribution in [0.5, 0.6) is 0 Å². The van der Waals surface area contributed by atoms with Gasteiger partial charge in [0.2, 0.25) is 5.91 Å². The van der Waals surface area contributed by atoms with Crippen molar-refractivity contribution in [3.63, 3.8) is 0 Å². The van der Waals surface area contributed by atoms with Crippen molar-refractivity contribution in [1.29, 1.82) is 0 Å². The summed E-state index contributed by atoms with van der Waals surface area (Å²) in [5.74, 6) is -0.550. The third kappa shape index (κ3) is 4.33. The molecule has 3 rings (SSSR count). The van der Waals surface area contributed by atoms with E-state index in [4.69, 9.17) is 0 Å². The first-order valence-electron chi connectivity index (χ1n) is 8.95. The molecule has 2 aromatic rings. The zero-order valence-electron chi connectivity index (χ0n) is 15.5. The van der Waals surface area contributed by atoms with Crippen LogP contribution < -0.4 is 15.5 Å². The highest BCUT2D eigenvalue weighted by molar-refractivity contribution is 6.09. The molecule has 0 unspecified atom stereocenters. The van der Waals surface area contributed by atoms with E-state index in [1.165, 1.54) is 4.90 Å². The van der Waals surface area contributed by atoms with Gasteiger partial charge in [0.25, 0.3) is 5.91 Å². The Labute approximate surface area is 157 Å². The lowest BCUT2D eigenvalue weighted by Gasteiger charge is -2.28. The van der Waals surface area contributed by atoms with Crippen molar-refractivity contribution in [3.05, 3.63) is 47.3 Å². The van der Waals surface area contributed by atoms with Gasteiger partial charge in [-0.3, -0.25) is 24.5 Å². The number of imide groups is 1. The van der Waals surface area contributed by atoms with Gasteiger partial charge < -0.3 is 5.32 Å². The number of anilines is 1. The van der Waals surface area contributed by atoms with Crippen LogP contribution in [-0.4, -0.2) is 40.7 Å². The molecule has 2 heterocycles. The van der Waals surface area contributed by atoms with Gasteiger partial charge in [-0.05, 0) is 38.5 Å². The Balaban J connectivity index is 1.61. The van der Waals surface area contributed by atoms with E-state index < -0.39 is 6.03 Å². The van der Waals surface area contributed by atoms with Crippen molar-refractivity contribution in [3.8, 4) is 0 Å². The molecule has 0 spiro atoms. The SMILES string of the molecule is Cc1cc(C)n(CCCNC(=O)c2ccccc2N2CCC(=O)NC2=O)n1. The Bertz CT molecular complexity index is 874. The molecule has 1 aromatic carbocycles. The summed E-state index contributed by atoms with van der Waals surface area (Å²) in [7, 11) is 0. The lowest BCUT2D eigenvalue weighted by atomic mass is 10.1. The number of nitrogens with one attached hydrogen (secondary N) is 2. The lowest BCUT2D eigenvalue weighted by Crippen LogP contribution is -2.50. The maximum atomic E-state index is 12.6. The smallest absolute Gasteiger partial charge is 0.328 e. The summed E-state index contributed by atoms with van der Waals surface area (Å²) in [6.07, 6.45) is 0.957. The van der Waals surface area contributed by atoms with E-state index in [9.17, 15) is 14.4 Å². The third-order valence-corrected chi connectivity index (χ3v) is 4.43. The van der Waals surface area contributed by atoms with Crippen LogP contribution in [0, 0.1) is 13.8 Å². The Morgan fingerprint density at radius 1 is 1.26 bits per heavy atom. The van der Waals surface area contributed by atoms with Gasteiger partial charge in [0.15, 0.2) is 0 Å². The summed E-state index contributed by atoms with van der Waals surface area (Å²) in [6, 6.07) is 8.41. The van der Waals surface area contributed by atoms with Crippen molar-refractivity contribution in [2.45, 2.75) is 33.2 Å². The number of para-hydroxylation sites is 1. The topological polar surface area (TPSA) is 96.3 Å². The summed E-state index contributed by atoms with van der Waals surface area (Å²) >= 11 is 0. The second-order valence-electron chi connectivity index (χ2n) is 6.53. The number of amides is 4. The van der Waals surface area contributed by atoms with Crippen molar-refractivity contribution in [1.82, 2.24) is 20.4 Å². The van der Waals surface area contributed by atoms with Crippen LogP contribution in [0.2, 0.25) is 0 Å². The highest BCUT2D eigenvalue weighted by Crippen LogP contribution is 2.22. The third-order valence-electron chi connectivity index (χ3n) is 4.43. The van der Waals surface area contributed by atoms with E-state index in [1.807, 2.05) is 24.6 Å². The number of urea groups is 1. The first-order valence-corrected chi connectivity index (χ1v) is 8.95. The first kappa shape index (κ1) is 18.6. The second-order valence-corrected chi connectivity index (χ2v) is 6.53. The normalized spacial score (nSPS) is 14.2. The fourth-order valence-corrected chi connectivity index (χ4v) is 3.12. The molecule has 2 N–H and O–H groups in total. The van der Waals surface area contributed by atoms with Crippen LogP contribution in [-0.2, 0) is 11.3 Å². The number of hydrogen-bond acceptors (Lipinski definition) is 4. The predicted octanol–water partition coefficient (Wildman–Crippen LogP) is 1.77. The molecule has 1 saturated heterocycles. The van der Waals surface area contributed by atoms with Crippen LogP contribution >= 0.6 is 0 Å². The zero-order valence-corrected chi connectivity index (χ0v) is 15.5. The molecule has 1 aromatic heterocycles. The number of hydrogen-bond donors (Lipinski definition) is 2. The van der Waals surface area contributed by atoms with Crippen LogP contribution in [0.1, 0.15) is 34.6 Å². The van der Waals surface area contributed by atoms with Crippen molar-refractivity contribution < 1.29 is 14.4 Å². The molecule has 1 fully saturated rings. The molecule has 0 radical (unpaired) electrons. The van der Waals surface area contributed by atoms with Crippen LogP contribution in [0.25, 0.3) is 0 Å². The van der Waals surface area contributed by atoms with E-state index in [0.717, 1.165) is 24.4 Å². The Kier molecular flexibility index (Phi) is 5.54. The lowest BCUT2D eigenvalue weighted by molar-refractivity contribution is -0.120. The molecule has 8 heteroatoms. The zero-order chi connectivity index (χ0) is 19.4. The fraction of sp³-hybridized carbons (Fsp3) is 0.368. The van der Waals surface area contributed by atoms with Crippen molar-refractivity contribution in [2.75, 3.05) is 18.0 Å². The number of rotatable bonds is 6. The highest BCUT2D eigenvalue weighted by Gasteiger charge is 2.27. The van der Waals surface area contributed by atoms with E-state index in [1.54, 1.807) is 24.3 Å². The average molecular weight is 369 g/mol. The molecule has 1 aliphatic rings. The van der Waals surface area contributed by atoms with Crippen molar-refractivity contribution in [2.24, 2.45) is 0 Å². The standard InChI is InChI=1S/C19H23N5O3/c1-13-12-14(2)24(22-13)10-5-9-20-18(26)15-6-3-4-7-16(15)23-11-8-17(25)21-19(23)27/h3-4,6-7,12H,5,8-11H2,1-2H3,(H,20,26)(H,21,25,27). The van der Waals surface area contributed by atoms with Gasteiger partial charge in [0.1, 0.15) is 0 Å². The summed E-state index contributed by atoms with van der Waals surface area (Å²) in [5, 5.41) is 9.57.